The van der Waals surface area contributed by atoms with Crippen molar-refractivity contribution in [2.45, 2.75) is 0 Å². The summed E-state index contributed by atoms with van der Waals surface area (Å²) < 4.78 is 0. The van der Waals surface area contributed by atoms with Crippen molar-refractivity contribution in [3.8, 4) is 0 Å². The normalized spacial score (nSPS) is 11.3. The van der Waals surface area contributed by atoms with Crippen LogP contribution in [-0.4, -0.2) is 18.7 Å². The molecule has 0 aromatic rings. The lowest BCUT2D eigenvalue weighted by molar-refractivity contribution is 0.176. The minimum atomic E-state index is 0.366. The number of alkyl halides is 1. The van der Waals surface area contributed by atoms with Crippen LogP contribution in [0.4, 0.5) is 0 Å². The van der Waals surface area contributed by atoms with Gasteiger partial charge in [0.2, 0.25) is 0 Å². The van der Waals surface area contributed by atoms with E-state index in [2.05, 4.69) is 9.99 Å². The third-order valence-corrected chi connectivity index (χ3v) is 0.794. The Kier molecular flexibility index (Phi) is 7.61. The number of oxime groups is 1. The topological polar surface area (TPSA) is 21.6 Å². The van der Waals surface area contributed by atoms with Crippen molar-refractivity contribution in [2.75, 3.05) is 12.5 Å². The molecule has 0 atom stereocenters. The fourth-order valence-corrected chi connectivity index (χ4v) is 0.332. The molecule has 0 saturated carbocycles. The highest BCUT2D eigenvalue weighted by molar-refractivity contribution is 6.25. The van der Waals surface area contributed by atoms with Gasteiger partial charge in [-0.05, 0) is 6.08 Å². The maximum atomic E-state index is 5.24. The summed E-state index contributed by atoms with van der Waals surface area (Å²) in [6.07, 6.45) is 3.09. The zero-order valence-electron chi connectivity index (χ0n) is 4.76. The van der Waals surface area contributed by atoms with E-state index < -0.39 is 0 Å². The molecule has 2 nitrogen and oxygen atoms in total. The summed E-state index contributed by atoms with van der Waals surface area (Å²) in [6, 6.07) is 0. The van der Waals surface area contributed by atoms with E-state index in [1.165, 1.54) is 11.7 Å². The summed E-state index contributed by atoms with van der Waals surface area (Å²) in [5.41, 5.74) is 1.37. The summed E-state index contributed by atoms with van der Waals surface area (Å²) in [7, 11) is 0. The van der Waals surface area contributed by atoms with Gasteiger partial charge >= 0.3 is 0 Å². The second kappa shape index (κ2) is 7.79. The van der Waals surface area contributed by atoms with Crippen molar-refractivity contribution < 1.29 is 4.84 Å². The van der Waals surface area contributed by atoms with E-state index in [1.807, 2.05) is 0 Å². The van der Waals surface area contributed by atoms with E-state index in [0.29, 0.717) is 12.5 Å². The van der Waals surface area contributed by atoms with Crippen LogP contribution in [0.1, 0.15) is 0 Å². The number of rotatable bonds is 4. The van der Waals surface area contributed by atoms with Gasteiger partial charge in [-0.2, -0.15) is 0 Å². The summed E-state index contributed by atoms with van der Waals surface area (Å²) in [5.74, 6) is 0.366. The zero-order chi connectivity index (χ0) is 6.95. The van der Waals surface area contributed by atoms with Gasteiger partial charge in [0.05, 0.1) is 12.1 Å². The summed E-state index contributed by atoms with van der Waals surface area (Å²) in [4.78, 5) is 4.63. The van der Waals surface area contributed by atoms with Crippen molar-refractivity contribution in [3.63, 3.8) is 0 Å². The molecule has 4 heteroatoms. The average Bonchev–Trinajstić information content (AvgIpc) is 1.89. The van der Waals surface area contributed by atoms with Gasteiger partial charge in [-0.15, -0.1) is 11.6 Å². The Bertz CT molecular complexity index is 103. The number of hydrogen-bond donors (Lipinski definition) is 0. The van der Waals surface area contributed by atoms with Crippen LogP contribution in [0, 0.1) is 0 Å². The number of hydrogen-bond acceptors (Lipinski definition) is 2. The van der Waals surface area contributed by atoms with E-state index in [1.54, 1.807) is 6.08 Å². The van der Waals surface area contributed by atoms with Crippen molar-refractivity contribution >= 4 is 29.4 Å². The highest BCUT2D eigenvalue weighted by Crippen LogP contribution is 1.80. The molecule has 0 rings (SSSR count). The first-order valence-electron chi connectivity index (χ1n) is 2.36. The van der Waals surface area contributed by atoms with Crippen LogP contribution in [-0.2, 0) is 4.84 Å². The van der Waals surface area contributed by atoms with E-state index in [9.17, 15) is 0 Å². The predicted molar refractivity (Wildman–Crippen MR) is 40.2 cm³/mol. The van der Waals surface area contributed by atoms with Crippen LogP contribution >= 0.6 is 23.2 Å². The first-order chi connectivity index (χ1) is 4.41. The molecule has 0 saturated heterocycles. The van der Waals surface area contributed by atoms with Crippen molar-refractivity contribution in [2.24, 2.45) is 5.16 Å². The third-order valence-electron chi connectivity index (χ3n) is 0.478. The van der Waals surface area contributed by atoms with Crippen LogP contribution in [0.3, 0.4) is 0 Å². The van der Waals surface area contributed by atoms with E-state index in [0.717, 1.165) is 0 Å². The van der Waals surface area contributed by atoms with E-state index in [-0.39, 0.29) is 0 Å². The standard InChI is InChI=1S/C5H7Cl2NO/c6-2-1-5-9-8-4-3-7/h1-2,4H,3,5H2. The second-order valence-corrected chi connectivity index (χ2v) is 1.66. The smallest absolute Gasteiger partial charge is 0.136 e. The minimum absolute atomic E-state index is 0.366. The van der Waals surface area contributed by atoms with Crippen molar-refractivity contribution in [1.29, 1.82) is 0 Å². The minimum Gasteiger partial charge on any atom is -0.392 e. The van der Waals surface area contributed by atoms with Gasteiger partial charge in [0, 0.05) is 5.54 Å². The molecule has 0 aromatic carbocycles. The molecular weight excluding hydrogens is 161 g/mol. The Morgan fingerprint density at radius 1 is 1.56 bits per heavy atom. The molecule has 0 radical (unpaired) electrons. The van der Waals surface area contributed by atoms with Gasteiger partial charge in [0.1, 0.15) is 6.61 Å². The van der Waals surface area contributed by atoms with Gasteiger partial charge < -0.3 is 4.84 Å². The lowest BCUT2D eigenvalue weighted by Gasteiger charge is -1.88. The van der Waals surface area contributed by atoms with E-state index >= 15 is 0 Å². The molecule has 0 bridgehead atoms. The Morgan fingerprint density at radius 2 is 2.33 bits per heavy atom. The Balaban J connectivity index is 2.99. The zero-order valence-corrected chi connectivity index (χ0v) is 6.27. The Morgan fingerprint density at radius 3 is 2.89 bits per heavy atom. The van der Waals surface area contributed by atoms with E-state index in [4.69, 9.17) is 23.2 Å². The molecule has 0 fully saturated rings. The van der Waals surface area contributed by atoms with Crippen LogP contribution in [0.25, 0.3) is 0 Å². The molecular formula is C5H7Cl2NO. The van der Waals surface area contributed by atoms with Gasteiger partial charge in [0.25, 0.3) is 0 Å². The molecule has 0 amide bonds. The molecule has 0 N–H and O–H groups in total. The molecule has 0 heterocycles. The average molecular weight is 168 g/mol. The highest BCUT2D eigenvalue weighted by atomic mass is 35.5. The number of halogens is 2. The van der Waals surface area contributed by atoms with Crippen LogP contribution in [0.5, 0.6) is 0 Å². The fourth-order valence-electron chi connectivity index (χ4n) is 0.203. The van der Waals surface area contributed by atoms with Crippen molar-refractivity contribution in [1.82, 2.24) is 0 Å². The number of nitrogens with zero attached hydrogens (tertiary/aromatic N) is 1. The van der Waals surface area contributed by atoms with Crippen LogP contribution in [0.15, 0.2) is 16.8 Å². The maximum Gasteiger partial charge on any atom is 0.136 e. The fraction of sp³-hybridized carbons (Fsp3) is 0.400. The van der Waals surface area contributed by atoms with Gasteiger partial charge in [-0.25, -0.2) is 0 Å². The molecule has 0 unspecified atom stereocenters. The maximum absolute atomic E-state index is 5.24. The summed E-state index contributed by atoms with van der Waals surface area (Å²) in [6.45, 7) is 0.386. The first-order valence-corrected chi connectivity index (χ1v) is 3.34. The molecule has 9 heavy (non-hydrogen) atoms. The molecule has 52 valence electrons. The lowest BCUT2D eigenvalue weighted by atomic mass is 10.7. The Labute approximate surface area is 64.1 Å². The van der Waals surface area contributed by atoms with Gasteiger partial charge in [0.15, 0.2) is 0 Å². The summed E-state index contributed by atoms with van der Waals surface area (Å²) >= 11 is 10.4. The lowest BCUT2D eigenvalue weighted by Crippen LogP contribution is -1.82. The monoisotopic (exact) mass is 167 g/mol. The first kappa shape index (κ1) is 8.79. The summed E-state index contributed by atoms with van der Waals surface area (Å²) in [5, 5.41) is 3.46. The molecule has 0 aliphatic rings. The molecule has 0 aliphatic carbocycles. The predicted octanol–water partition coefficient (Wildman–Crippen LogP) is 1.98. The molecule has 0 aliphatic heterocycles. The van der Waals surface area contributed by atoms with Crippen LogP contribution < -0.4 is 0 Å². The van der Waals surface area contributed by atoms with Gasteiger partial charge in [-0.1, -0.05) is 16.8 Å². The third kappa shape index (κ3) is 7.79. The quantitative estimate of drug-likeness (QED) is 0.272. The van der Waals surface area contributed by atoms with Crippen molar-refractivity contribution in [3.05, 3.63) is 11.6 Å². The Hall–Kier alpha value is -0.210. The molecule has 0 aromatic heterocycles. The highest BCUT2D eigenvalue weighted by Gasteiger charge is 1.72. The van der Waals surface area contributed by atoms with Crippen LogP contribution in [0.2, 0.25) is 0 Å². The largest absolute Gasteiger partial charge is 0.392 e. The molecule has 0 spiro atoms. The SMILES string of the molecule is ClC=CCON=CCCl. The second-order valence-electron chi connectivity index (χ2n) is 1.10. The van der Waals surface area contributed by atoms with Gasteiger partial charge in [-0.3, -0.25) is 0 Å².